The summed E-state index contributed by atoms with van der Waals surface area (Å²) in [6.07, 6.45) is -5.06. The normalized spacial score (nSPS) is 15.2. The average Bonchev–Trinajstić information content (AvgIpc) is 2.39. The maximum atomic E-state index is 11.3. The molecule has 21 heavy (non-hydrogen) atoms. The van der Waals surface area contributed by atoms with Gasteiger partial charge in [0.15, 0.2) is 6.10 Å². The summed E-state index contributed by atoms with van der Waals surface area (Å²) in [4.78, 5) is 22.0. The molecule has 3 atom stereocenters. The standard InChI is InChI=1S/C14H20N2O5/c1-8-2-4-9(5-3-8)7-21-13(14(16)20)12(19)10(17)6-11(15)18/h2-5,10,12-13,17,19H,6-7H2,1H3,(H2,15,18)(H2,16,20). The Morgan fingerprint density at radius 1 is 1.19 bits per heavy atom. The van der Waals surface area contributed by atoms with E-state index in [2.05, 4.69) is 0 Å². The summed E-state index contributed by atoms with van der Waals surface area (Å²) in [7, 11) is 0. The molecule has 0 aliphatic heterocycles. The van der Waals surface area contributed by atoms with Gasteiger partial charge in [0, 0.05) is 0 Å². The van der Waals surface area contributed by atoms with Crippen LogP contribution in [0.15, 0.2) is 24.3 Å². The largest absolute Gasteiger partial charge is 0.390 e. The molecule has 0 saturated carbocycles. The maximum absolute atomic E-state index is 11.3. The number of ether oxygens (including phenoxy) is 1. The second kappa shape index (κ2) is 7.72. The molecule has 1 aromatic carbocycles. The van der Waals surface area contributed by atoms with Gasteiger partial charge in [-0.05, 0) is 12.5 Å². The summed E-state index contributed by atoms with van der Waals surface area (Å²) in [6, 6.07) is 7.35. The van der Waals surface area contributed by atoms with Crippen molar-refractivity contribution in [2.24, 2.45) is 11.5 Å². The number of primary amides is 2. The number of aryl methyl sites for hydroxylation is 1. The fraction of sp³-hybridized carbons (Fsp3) is 0.429. The van der Waals surface area contributed by atoms with E-state index in [0.717, 1.165) is 11.1 Å². The smallest absolute Gasteiger partial charge is 0.249 e. The number of nitrogens with two attached hydrogens (primary N) is 2. The average molecular weight is 296 g/mol. The lowest BCUT2D eigenvalue weighted by Gasteiger charge is -2.24. The van der Waals surface area contributed by atoms with Gasteiger partial charge in [-0.15, -0.1) is 0 Å². The van der Waals surface area contributed by atoms with Crippen LogP contribution in [0.3, 0.4) is 0 Å². The van der Waals surface area contributed by atoms with Crippen molar-refractivity contribution in [1.29, 1.82) is 0 Å². The number of benzene rings is 1. The number of hydrogen-bond donors (Lipinski definition) is 4. The third-order valence-corrected chi connectivity index (χ3v) is 2.95. The van der Waals surface area contributed by atoms with Crippen molar-refractivity contribution >= 4 is 11.8 Å². The van der Waals surface area contributed by atoms with Gasteiger partial charge in [-0.3, -0.25) is 9.59 Å². The van der Waals surface area contributed by atoms with E-state index in [1.165, 1.54) is 0 Å². The Morgan fingerprint density at radius 2 is 1.76 bits per heavy atom. The Kier molecular flexibility index (Phi) is 6.29. The molecule has 0 heterocycles. The summed E-state index contributed by atoms with van der Waals surface area (Å²) in [5, 5.41) is 19.4. The van der Waals surface area contributed by atoms with Crippen LogP contribution in [0.5, 0.6) is 0 Å². The number of carbonyl (C=O) groups is 2. The van der Waals surface area contributed by atoms with E-state index in [4.69, 9.17) is 16.2 Å². The number of aliphatic hydroxyl groups excluding tert-OH is 2. The number of amides is 2. The molecule has 7 nitrogen and oxygen atoms in total. The van der Waals surface area contributed by atoms with E-state index in [1.54, 1.807) is 12.1 Å². The van der Waals surface area contributed by atoms with Crippen LogP contribution in [0.1, 0.15) is 17.5 Å². The Morgan fingerprint density at radius 3 is 2.24 bits per heavy atom. The highest BCUT2D eigenvalue weighted by molar-refractivity contribution is 5.80. The van der Waals surface area contributed by atoms with Crippen LogP contribution in [0.25, 0.3) is 0 Å². The van der Waals surface area contributed by atoms with Crippen LogP contribution < -0.4 is 11.5 Å². The lowest BCUT2D eigenvalue weighted by molar-refractivity contribution is -0.149. The van der Waals surface area contributed by atoms with E-state index < -0.39 is 36.5 Å². The zero-order valence-electron chi connectivity index (χ0n) is 11.7. The molecule has 0 bridgehead atoms. The van der Waals surface area contributed by atoms with Crippen LogP contribution in [-0.4, -0.2) is 40.3 Å². The van der Waals surface area contributed by atoms with Crippen LogP contribution in [0.2, 0.25) is 0 Å². The number of carbonyl (C=O) groups excluding carboxylic acids is 2. The summed E-state index contributed by atoms with van der Waals surface area (Å²) in [5.41, 5.74) is 11.9. The third kappa shape index (κ3) is 5.50. The molecule has 1 rings (SSSR count). The number of aliphatic hydroxyl groups is 2. The fourth-order valence-corrected chi connectivity index (χ4v) is 1.75. The quantitative estimate of drug-likeness (QED) is 0.486. The molecule has 0 spiro atoms. The molecule has 6 N–H and O–H groups in total. The first-order valence-corrected chi connectivity index (χ1v) is 6.42. The summed E-state index contributed by atoms with van der Waals surface area (Å²) >= 11 is 0. The molecule has 0 fully saturated rings. The Bertz CT molecular complexity index is 489. The van der Waals surface area contributed by atoms with Crippen molar-refractivity contribution < 1.29 is 24.5 Å². The van der Waals surface area contributed by atoms with E-state index >= 15 is 0 Å². The minimum atomic E-state index is -1.62. The van der Waals surface area contributed by atoms with Gasteiger partial charge in [-0.25, -0.2) is 0 Å². The highest BCUT2D eigenvalue weighted by Gasteiger charge is 2.32. The fourth-order valence-electron chi connectivity index (χ4n) is 1.75. The zero-order valence-corrected chi connectivity index (χ0v) is 11.7. The number of hydrogen-bond acceptors (Lipinski definition) is 5. The van der Waals surface area contributed by atoms with Crippen LogP contribution >= 0.6 is 0 Å². The molecule has 0 aliphatic rings. The summed E-state index contributed by atoms with van der Waals surface area (Å²) in [5.74, 6) is -1.73. The minimum absolute atomic E-state index is 0.0360. The topological polar surface area (TPSA) is 136 Å². The highest BCUT2D eigenvalue weighted by Crippen LogP contribution is 2.11. The van der Waals surface area contributed by atoms with Crippen molar-refractivity contribution in [1.82, 2.24) is 0 Å². The Labute approximate surface area is 122 Å². The maximum Gasteiger partial charge on any atom is 0.249 e. The first-order chi connectivity index (χ1) is 9.81. The van der Waals surface area contributed by atoms with E-state index in [1.807, 2.05) is 19.1 Å². The van der Waals surface area contributed by atoms with Crippen molar-refractivity contribution in [2.75, 3.05) is 0 Å². The van der Waals surface area contributed by atoms with Gasteiger partial charge in [0.2, 0.25) is 11.8 Å². The van der Waals surface area contributed by atoms with Crippen LogP contribution in [0, 0.1) is 6.92 Å². The van der Waals surface area contributed by atoms with Crippen molar-refractivity contribution in [3.63, 3.8) is 0 Å². The van der Waals surface area contributed by atoms with Gasteiger partial charge in [-0.2, -0.15) is 0 Å². The molecule has 0 radical (unpaired) electrons. The van der Waals surface area contributed by atoms with Gasteiger partial charge < -0.3 is 26.4 Å². The predicted octanol–water partition coefficient (Wildman–Crippen LogP) is -1.04. The lowest BCUT2D eigenvalue weighted by Crippen LogP contribution is -2.48. The third-order valence-electron chi connectivity index (χ3n) is 2.95. The van der Waals surface area contributed by atoms with Gasteiger partial charge in [0.25, 0.3) is 0 Å². The molecule has 0 saturated heterocycles. The second-order valence-electron chi connectivity index (χ2n) is 4.85. The van der Waals surface area contributed by atoms with Gasteiger partial charge >= 0.3 is 0 Å². The second-order valence-corrected chi connectivity index (χ2v) is 4.85. The lowest BCUT2D eigenvalue weighted by atomic mass is 10.0. The number of rotatable bonds is 8. The zero-order chi connectivity index (χ0) is 16.0. The predicted molar refractivity (Wildman–Crippen MR) is 74.8 cm³/mol. The van der Waals surface area contributed by atoms with Crippen LogP contribution in [-0.2, 0) is 20.9 Å². The van der Waals surface area contributed by atoms with E-state index in [-0.39, 0.29) is 6.61 Å². The Hall–Kier alpha value is -1.96. The monoisotopic (exact) mass is 296 g/mol. The van der Waals surface area contributed by atoms with E-state index in [0.29, 0.717) is 0 Å². The summed E-state index contributed by atoms with van der Waals surface area (Å²) in [6.45, 7) is 1.97. The first kappa shape index (κ1) is 17.1. The SMILES string of the molecule is Cc1ccc(COC(C(N)=O)C(O)C(O)CC(N)=O)cc1. The van der Waals surface area contributed by atoms with E-state index in [9.17, 15) is 19.8 Å². The summed E-state index contributed by atoms with van der Waals surface area (Å²) < 4.78 is 5.26. The molecule has 116 valence electrons. The van der Waals surface area contributed by atoms with Crippen molar-refractivity contribution in [3.8, 4) is 0 Å². The van der Waals surface area contributed by atoms with Crippen molar-refractivity contribution in [2.45, 2.75) is 38.3 Å². The van der Waals surface area contributed by atoms with Gasteiger partial charge in [-0.1, -0.05) is 29.8 Å². The van der Waals surface area contributed by atoms with Crippen molar-refractivity contribution in [3.05, 3.63) is 35.4 Å². The van der Waals surface area contributed by atoms with Gasteiger partial charge in [0.1, 0.15) is 6.10 Å². The molecule has 0 aliphatic carbocycles. The molecule has 3 unspecified atom stereocenters. The molecular formula is C14H20N2O5. The van der Waals surface area contributed by atoms with Crippen LogP contribution in [0.4, 0.5) is 0 Å². The molecule has 1 aromatic rings. The highest BCUT2D eigenvalue weighted by atomic mass is 16.5. The van der Waals surface area contributed by atoms with Gasteiger partial charge in [0.05, 0.1) is 19.1 Å². The molecule has 7 heteroatoms. The molecule has 0 aromatic heterocycles. The Balaban J connectivity index is 2.66. The minimum Gasteiger partial charge on any atom is -0.390 e. The molecule has 2 amide bonds. The first-order valence-electron chi connectivity index (χ1n) is 6.42. The molecular weight excluding hydrogens is 276 g/mol.